The predicted octanol–water partition coefficient (Wildman–Crippen LogP) is 3.83. The molecule has 2 aromatic rings. The van der Waals surface area contributed by atoms with Crippen LogP contribution in [0.4, 0.5) is 5.69 Å². The van der Waals surface area contributed by atoms with Crippen molar-refractivity contribution >= 4 is 37.5 Å². The summed E-state index contributed by atoms with van der Waals surface area (Å²) >= 11 is 3.43. The molecule has 1 unspecified atom stereocenters. The first-order valence-electron chi connectivity index (χ1n) is 9.11. The maximum atomic E-state index is 13.3. The summed E-state index contributed by atoms with van der Waals surface area (Å²) in [5, 5.41) is 0. The molecule has 2 heterocycles. The van der Waals surface area contributed by atoms with Gasteiger partial charge in [0.15, 0.2) is 0 Å². The third-order valence-corrected chi connectivity index (χ3v) is 7.88. The molecule has 0 aliphatic carbocycles. The van der Waals surface area contributed by atoms with E-state index >= 15 is 0 Å². The Hall–Kier alpha value is -1.70. The molecule has 1 fully saturated rings. The first-order valence-corrected chi connectivity index (χ1v) is 11.3. The Morgan fingerprint density at radius 1 is 1.11 bits per heavy atom. The maximum Gasteiger partial charge on any atom is 0.259 e. The molecule has 5 nitrogen and oxygen atoms in total. The van der Waals surface area contributed by atoms with Crippen LogP contribution in [0.1, 0.15) is 35.7 Å². The molecule has 27 heavy (non-hydrogen) atoms. The summed E-state index contributed by atoms with van der Waals surface area (Å²) in [7, 11) is -3.57. The fourth-order valence-electron chi connectivity index (χ4n) is 3.91. The molecular formula is C20H21BrN2O3S. The minimum Gasteiger partial charge on any atom is -0.305 e. The summed E-state index contributed by atoms with van der Waals surface area (Å²) in [6.07, 6.45) is 2.55. The number of halogens is 1. The Balaban J connectivity index is 1.73. The molecule has 142 valence electrons. The van der Waals surface area contributed by atoms with Gasteiger partial charge in [-0.25, -0.2) is 8.42 Å². The van der Waals surface area contributed by atoms with Crippen molar-refractivity contribution in [2.45, 2.75) is 37.1 Å². The van der Waals surface area contributed by atoms with E-state index in [9.17, 15) is 13.2 Å². The van der Waals surface area contributed by atoms with Gasteiger partial charge < -0.3 is 4.90 Å². The molecule has 7 heteroatoms. The number of nitrogens with zero attached hydrogens (tertiary/aromatic N) is 2. The van der Waals surface area contributed by atoms with Gasteiger partial charge in [0.25, 0.3) is 5.91 Å². The number of carbonyl (C=O) groups excluding carboxylic acids is 1. The van der Waals surface area contributed by atoms with Crippen LogP contribution in [-0.4, -0.2) is 37.8 Å². The summed E-state index contributed by atoms with van der Waals surface area (Å²) < 4.78 is 27.9. The van der Waals surface area contributed by atoms with E-state index in [4.69, 9.17) is 0 Å². The summed E-state index contributed by atoms with van der Waals surface area (Å²) in [5.41, 5.74) is 2.41. The van der Waals surface area contributed by atoms with E-state index < -0.39 is 10.0 Å². The van der Waals surface area contributed by atoms with Crippen LogP contribution in [0.25, 0.3) is 0 Å². The highest BCUT2D eigenvalue weighted by Crippen LogP contribution is 2.35. The molecule has 0 N–H and O–H groups in total. The topological polar surface area (TPSA) is 57.7 Å². The number of anilines is 1. The smallest absolute Gasteiger partial charge is 0.259 e. The van der Waals surface area contributed by atoms with E-state index in [0.717, 1.165) is 30.5 Å². The second-order valence-corrected chi connectivity index (χ2v) is 9.90. The number of fused-ring (bicyclic) bond motifs is 1. The lowest BCUT2D eigenvalue weighted by Crippen LogP contribution is -2.36. The molecule has 2 aromatic carbocycles. The van der Waals surface area contributed by atoms with Gasteiger partial charge >= 0.3 is 0 Å². The van der Waals surface area contributed by atoms with Gasteiger partial charge in [-0.05, 0) is 71.9 Å². The third kappa shape index (κ3) is 3.22. The minimum absolute atomic E-state index is 0.0284. The largest absolute Gasteiger partial charge is 0.305 e. The van der Waals surface area contributed by atoms with E-state index in [0.29, 0.717) is 23.1 Å². The number of benzene rings is 2. The monoisotopic (exact) mass is 448 g/mol. The molecule has 1 amide bonds. The maximum absolute atomic E-state index is 13.3. The van der Waals surface area contributed by atoms with Crippen molar-refractivity contribution in [3.8, 4) is 0 Å². The zero-order valence-electron chi connectivity index (χ0n) is 15.1. The van der Waals surface area contributed by atoms with E-state index in [1.54, 1.807) is 17.0 Å². The van der Waals surface area contributed by atoms with E-state index in [1.165, 1.54) is 10.4 Å². The van der Waals surface area contributed by atoms with Crippen LogP contribution in [-0.2, 0) is 16.4 Å². The van der Waals surface area contributed by atoms with Gasteiger partial charge in [0.1, 0.15) is 0 Å². The van der Waals surface area contributed by atoms with Gasteiger partial charge in [-0.3, -0.25) is 4.79 Å². The second kappa shape index (κ2) is 7.04. The van der Waals surface area contributed by atoms with Gasteiger partial charge in [-0.15, -0.1) is 0 Å². The van der Waals surface area contributed by atoms with Crippen LogP contribution in [0.2, 0.25) is 0 Å². The van der Waals surface area contributed by atoms with Crippen LogP contribution in [0.5, 0.6) is 0 Å². The van der Waals surface area contributed by atoms with Crippen molar-refractivity contribution in [1.29, 1.82) is 0 Å². The number of carbonyl (C=O) groups is 1. The molecule has 0 radical (unpaired) electrons. The molecule has 0 spiro atoms. The van der Waals surface area contributed by atoms with Gasteiger partial charge in [-0.2, -0.15) is 4.31 Å². The first kappa shape index (κ1) is 18.7. The van der Waals surface area contributed by atoms with Crippen LogP contribution in [0.15, 0.2) is 51.8 Å². The lowest BCUT2D eigenvalue weighted by atomic mass is 10.1. The van der Waals surface area contributed by atoms with Crippen molar-refractivity contribution in [2.24, 2.45) is 0 Å². The number of hydrogen-bond acceptors (Lipinski definition) is 3. The summed E-state index contributed by atoms with van der Waals surface area (Å²) in [4.78, 5) is 15.3. The molecule has 2 aliphatic heterocycles. The lowest BCUT2D eigenvalue weighted by Gasteiger charge is -2.24. The van der Waals surface area contributed by atoms with E-state index in [1.807, 2.05) is 31.2 Å². The van der Waals surface area contributed by atoms with E-state index in [2.05, 4.69) is 15.9 Å². The minimum atomic E-state index is -3.57. The molecule has 1 saturated heterocycles. The highest BCUT2D eigenvalue weighted by Gasteiger charge is 2.33. The first-order chi connectivity index (χ1) is 12.9. The molecule has 4 rings (SSSR count). The van der Waals surface area contributed by atoms with Gasteiger partial charge in [0, 0.05) is 29.3 Å². The summed E-state index contributed by atoms with van der Waals surface area (Å²) in [5.74, 6) is -0.183. The van der Waals surface area contributed by atoms with Gasteiger partial charge in [0.2, 0.25) is 10.0 Å². The standard InChI is InChI=1S/C20H21BrN2O3S/c1-14-12-15-6-2-3-7-19(15)23(14)20(24)17-13-16(8-9-18(17)21)27(25,26)22-10-4-5-11-22/h2-3,6-9,13-14H,4-5,10-12H2,1H3. The molecule has 0 saturated carbocycles. The lowest BCUT2D eigenvalue weighted by molar-refractivity contribution is 0.0980. The van der Waals surface area contributed by atoms with Crippen LogP contribution < -0.4 is 4.90 Å². The highest BCUT2D eigenvalue weighted by atomic mass is 79.9. The fraction of sp³-hybridized carbons (Fsp3) is 0.350. The second-order valence-electron chi connectivity index (χ2n) is 7.11. The van der Waals surface area contributed by atoms with E-state index in [-0.39, 0.29) is 16.8 Å². The van der Waals surface area contributed by atoms with Crippen molar-refractivity contribution < 1.29 is 13.2 Å². The Morgan fingerprint density at radius 2 is 1.81 bits per heavy atom. The number of sulfonamides is 1. The zero-order chi connectivity index (χ0) is 19.2. The van der Waals surface area contributed by atoms with Crippen molar-refractivity contribution in [3.05, 3.63) is 58.1 Å². The Morgan fingerprint density at radius 3 is 2.56 bits per heavy atom. The molecule has 1 atom stereocenters. The van der Waals surface area contributed by atoms with Crippen molar-refractivity contribution in [2.75, 3.05) is 18.0 Å². The summed E-state index contributed by atoms with van der Waals surface area (Å²) in [6, 6.07) is 12.6. The predicted molar refractivity (Wildman–Crippen MR) is 109 cm³/mol. The average Bonchev–Trinajstić information content (AvgIpc) is 3.29. The number of para-hydroxylation sites is 1. The SMILES string of the molecule is CC1Cc2ccccc2N1C(=O)c1cc(S(=O)(=O)N2CCCC2)ccc1Br. The molecular weight excluding hydrogens is 428 g/mol. The quantitative estimate of drug-likeness (QED) is 0.716. The van der Waals surface area contributed by atoms with Crippen LogP contribution in [0.3, 0.4) is 0 Å². The Kier molecular flexibility index (Phi) is 4.86. The average molecular weight is 449 g/mol. The Bertz CT molecular complexity index is 1000. The third-order valence-electron chi connectivity index (χ3n) is 5.30. The van der Waals surface area contributed by atoms with Crippen molar-refractivity contribution in [1.82, 2.24) is 4.31 Å². The Labute approximate surface area is 168 Å². The summed E-state index contributed by atoms with van der Waals surface area (Å²) in [6.45, 7) is 3.09. The van der Waals surface area contributed by atoms with Crippen molar-refractivity contribution in [3.63, 3.8) is 0 Å². The highest BCUT2D eigenvalue weighted by molar-refractivity contribution is 9.10. The van der Waals surface area contributed by atoms with Crippen LogP contribution >= 0.6 is 15.9 Å². The normalized spacial score (nSPS) is 20.1. The molecule has 0 bridgehead atoms. The number of hydrogen-bond donors (Lipinski definition) is 0. The fourth-order valence-corrected chi connectivity index (χ4v) is 5.87. The molecule has 0 aromatic heterocycles. The van der Waals surface area contributed by atoms with Gasteiger partial charge in [-0.1, -0.05) is 18.2 Å². The molecule has 2 aliphatic rings. The van der Waals surface area contributed by atoms with Gasteiger partial charge in [0.05, 0.1) is 10.5 Å². The number of rotatable bonds is 3. The number of amides is 1. The zero-order valence-corrected chi connectivity index (χ0v) is 17.5. The van der Waals surface area contributed by atoms with Crippen LogP contribution in [0, 0.1) is 0 Å².